The van der Waals surface area contributed by atoms with Crippen molar-refractivity contribution in [2.45, 2.75) is 31.8 Å². The van der Waals surface area contributed by atoms with Crippen molar-refractivity contribution in [3.63, 3.8) is 0 Å². The van der Waals surface area contributed by atoms with Gasteiger partial charge in [-0.1, -0.05) is 25.5 Å². The van der Waals surface area contributed by atoms with Crippen LogP contribution in [0.3, 0.4) is 0 Å². The number of aliphatic hydroxyl groups is 1. The Morgan fingerprint density at radius 2 is 1.95 bits per heavy atom. The lowest BCUT2D eigenvalue weighted by Crippen LogP contribution is -2.30. The largest absolute Gasteiger partial charge is 0.497 e. The van der Waals surface area contributed by atoms with Gasteiger partial charge < -0.3 is 14.7 Å². The summed E-state index contributed by atoms with van der Waals surface area (Å²) in [5, 5.41) is 10.9. The second-order valence-electron chi connectivity index (χ2n) is 5.07. The zero-order chi connectivity index (χ0) is 13.6. The molecule has 0 aliphatic heterocycles. The first-order valence-corrected chi connectivity index (χ1v) is 6.53. The zero-order valence-electron chi connectivity index (χ0n) is 12.3. The first-order valence-electron chi connectivity index (χ1n) is 6.53. The first-order chi connectivity index (χ1) is 8.51. The highest BCUT2D eigenvalue weighted by Gasteiger charge is 2.28. The lowest BCUT2D eigenvalue weighted by Gasteiger charge is -2.30. The van der Waals surface area contributed by atoms with Crippen molar-refractivity contribution in [1.29, 1.82) is 0 Å². The maximum absolute atomic E-state index is 10.9. The van der Waals surface area contributed by atoms with Gasteiger partial charge in [-0.25, -0.2) is 0 Å². The van der Waals surface area contributed by atoms with Crippen molar-refractivity contribution in [2.75, 3.05) is 27.7 Å². The molecule has 0 bridgehead atoms. The Hall–Kier alpha value is -0.770. The van der Waals surface area contributed by atoms with Crippen LogP contribution in [-0.2, 0) is 5.60 Å². The molecule has 1 aromatic carbocycles. The summed E-state index contributed by atoms with van der Waals surface area (Å²) in [6.07, 6.45) is 2.47. The van der Waals surface area contributed by atoms with E-state index in [1.54, 1.807) is 7.11 Å². The predicted octanol–water partition coefficient (Wildman–Crippen LogP) is 3.06. The van der Waals surface area contributed by atoms with Gasteiger partial charge in [0.15, 0.2) is 0 Å². The van der Waals surface area contributed by atoms with E-state index in [2.05, 4.69) is 11.8 Å². The van der Waals surface area contributed by atoms with Gasteiger partial charge in [-0.2, -0.15) is 0 Å². The molecular formula is C15H26ClNO2. The number of hydrogen-bond acceptors (Lipinski definition) is 3. The van der Waals surface area contributed by atoms with Crippen LogP contribution in [0.2, 0.25) is 0 Å². The van der Waals surface area contributed by atoms with Crippen LogP contribution in [0.5, 0.6) is 5.75 Å². The Bertz CT molecular complexity index is 371. The van der Waals surface area contributed by atoms with Crippen molar-refractivity contribution >= 4 is 12.4 Å². The van der Waals surface area contributed by atoms with E-state index in [-0.39, 0.29) is 12.4 Å². The molecule has 0 saturated carbocycles. The Kier molecular flexibility index (Phi) is 8.07. The molecule has 1 aromatic rings. The van der Waals surface area contributed by atoms with Gasteiger partial charge in [0.2, 0.25) is 0 Å². The maximum atomic E-state index is 10.9. The Morgan fingerprint density at radius 1 is 1.26 bits per heavy atom. The van der Waals surface area contributed by atoms with Crippen molar-refractivity contribution < 1.29 is 9.84 Å². The van der Waals surface area contributed by atoms with Crippen LogP contribution in [0, 0.1) is 0 Å². The molecule has 1 rings (SSSR count). The minimum atomic E-state index is -0.756. The van der Waals surface area contributed by atoms with E-state index >= 15 is 0 Å². The lowest BCUT2D eigenvalue weighted by molar-refractivity contribution is 0.0115. The third kappa shape index (κ3) is 5.39. The summed E-state index contributed by atoms with van der Waals surface area (Å²) in [6, 6.07) is 7.76. The number of nitrogens with zero attached hydrogens (tertiary/aromatic N) is 1. The fourth-order valence-electron chi connectivity index (χ4n) is 2.15. The Morgan fingerprint density at radius 3 is 2.47 bits per heavy atom. The van der Waals surface area contributed by atoms with E-state index < -0.39 is 5.60 Å². The monoisotopic (exact) mass is 287 g/mol. The average Bonchev–Trinajstić information content (AvgIpc) is 2.37. The maximum Gasteiger partial charge on any atom is 0.119 e. The van der Waals surface area contributed by atoms with Crippen LogP contribution in [0.1, 0.15) is 31.7 Å². The lowest BCUT2D eigenvalue weighted by atomic mass is 9.86. The molecule has 0 aliphatic carbocycles. The number of hydrogen-bond donors (Lipinski definition) is 1. The smallest absolute Gasteiger partial charge is 0.119 e. The molecule has 4 heteroatoms. The van der Waals surface area contributed by atoms with Gasteiger partial charge in [0.05, 0.1) is 12.7 Å². The average molecular weight is 288 g/mol. The standard InChI is InChI=1S/C15H25NO2.ClH/c1-5-9-15(17,10-11-16(2)3)13-7-6-8-14(12-13)18-4;/h6-8,12,17H,5,9-11H2,1-4H3;1H/t15-;/m0./s1. The predicted molar refractivity (Wildman–Crippen MR) is 82.2 cm³/mol. The van der Waals surface area contributed by atoms with E-state index in [1.165, 1.54) is 0 Å². The highest BCUT2D eigenvalue weighted by atomic mass is 35.5. The quantitative estimate of drug-likeness (QED) is 0.837. The van der Waals surface area contributed by atoms with Crippen molar-refractivity contribution in [3.05, 3.63) is 29.8 Å². The molecule has 1 N–H and O–H groups in total. The van der Waals surface area contributed by atoms with E-state index in [4.69, 9.17) is 4.74 Å². The summed E-state index contributed by atoms with van der Waals surface area (Å²) in [5.74, 6) is 0.798. The van der Waals surface area contributed by atoms with Gasteiger partial charge in [0.1, 0.15) is 5.75 Å². The van der Waals surface area contributed by atoms with Crippen LogP contribution < -0.4 is 4.74 Å². The molecule has 0 aliphatic rings. The number of benzene rings is 1. The number of ether oxygens (including phenoxy) is 1. The van der Waals surface area contributed by atoms with E-state index in [1.807, 2.05) is 38.4 Å². The Labute approximate surface area is 123 Å². The molecule has 3 nitrogen and oxygen atoms in total. The molecular weight excluding hydrogens is 262 g/mol. The van der Waals surface area contributed by atoms with E-state index in [0.717, 1.165) is 37.1 Å². The first kappa shape index (κ1) is 18.2. The van der Waals surface area contributed by atoms with Crippen LogP contribution >= 0.6 is 12.4 Å². The van der Waals surface area contributed by atoms with Crippen LogP contribution in [0.4, 0.5) is 0 Å². The molecule has 0 saturated heterocycles. The minimum absolute atomic E-state index is 0. The molecule has 110 valence electrons. The molecule has 1 atom stereocenters. The molecule has 0 fully saturated rings. The summed E-state index contributed by atoms with van der Waals surface area (Å²) in [5.41, 5.74) is 0.193. The van der Waals surface area contributed by atoms with Gasteiger partial charge in [0.25, 0.3) is 0 Å². The highest BCUT2D eigenvalue weighted by molar-refractivity contribution is 5.85. The molecule has 0 amide bonds. The second-order valence-corrected chi connectivity index (χ2v) is 5.07. The Balaban J connectivity index is 0.00000324. The summed E-state index contributed by atoms with van der Waals surface area (Å²) >= 11 is 0. The summed E-state index contributed by atoms with van der Waals surface area (Å²) < 4.78 is 5.23. The molecule has 19 heavy (non-hydrogen) atoms. The third-order valence-electron chi connectivity index (χ3n) is 3.24. The number of methoxy groups -OCH3 is 1. The molecule has 0 heterocycles. The van der Waals surface area contributed by atoms with Crippen LogP contribution in [0.15, 0.2) is 24.3 Å². The summed E-state index contributed by atoms with van der Waals surface area (Å²) in [6.45, 7) is 2.97. The van der Waals surface area contributed by atoms with E-state index in [0.29, 0.717) is 0 Å². The van der Waals surface area contributed by atoms with Crippen LogP contribution in [-0.4, -0.2) is 37.8 Å². The van der Waals surface area contributed by atoms with Gasteiger partial charge in [0, 0.05) is 6.54 Å². The third-order valence-corrected chi connectivity index (χ3v) is 3.24. The fraction of sp³-hybridized carbons (Fsp3) is 0.600. The van der Waals surface area contributed by atoms with Crippen LogP contribution in [0.25, 0.3) is 0 Å². The normalized spacial score (nSPS) is 13.8. The van der Waals surface area contributed by atoms with Gasteiger partial charge in [-0.3, -0.25) is 0 Å². The van der Waals surface area contributed by atoms with Gasteiger partial charge >= 0.3 is 0 Å². The van der Waals surface area contributed by atoms with Gasteiger partial charge in [-0.15, -0.1) is 12.4 Å². The van der Waals surface area contributed by atoms with Crippen molar-refractivity contribution in [3.8, 4) is 5.75 Å². The second kappa shape index (κ2) is 8.41. The zero-order valence-corrected chi connectivity index (χ0v) is 13.2. The van der Waals surface area contributed by atoms with Crippen molar-refractivity contribution in [2.24, 2.45) is 0 Å². The topological polar surface area (TPSA) is 32.7 Å². The summed E-state index contributed by atoms with van der Waals surface area (Å²) in [4.78, 5) is 2.10. The molecule has 0 spiro atoms. The SMILES string of the molecule is CCC[C@](O)(CCN(C)C)c1cccc(OC)c1.Cl. The fourth-order valence-corrected chi connectivity index (χ4v) is 2.15. The molecule has 0 aromatic heterocycles. The molecule has 0 radical (unpaired) electrons. The highest BCUT2D eigenvalue weighted by Crippen LogP contribution is 2.32. The van der Waals surface area contributed by atoms with Gasteiger partial charge in [-0.05, 0) is 44.6 Å². The number of halogens is 1. The minimum Gasteiger partial charge on any atom is -0.497 e. The molecule has 0 unspecified atom stereocenters. The number of rotatable bonds is 7. The van der Waals surface area contributed by atoms with E-state index in [9.17, 15) is 5.11 Å². The summed E-state index contributed by atoms with van der Waals surface area (Å²) in [7, 11) is 5.70. The van der Waals surface area contributed by atoms with Crippen molar-refractivity contribution in [1.82, 2.24) is 4.90 Å².